The maximum atomic E-state index is 12.9. The van der Waals surface area contributed by atoms with Gasteiger partial charge in [-0.15, -0.1) is 0 Å². The molecule has 1 aromatic heterocycles. The highest BCUT2D eigenvalue weighted by Gasteiger charge is 2.26. The van der Waals surface area contributed by atoms with Crippen molar-refractivity contribution in [1.29, 1.82) is 0 Å². The van der Waals surface area contributed by atoms with Crippen LogP contribution in [-0.2, 0) is 14.3 Å². The molecular weight excluding hydrogens is 406 g/mol. The van der Waals surface area contributed by atoms with Crippen molar-refractivity contribution in [3.8, 4) is 16.9 Å². The highest BCUT2D eigenvalue weighted by molar-refractivity contribution is 7.87. The molecule has 0 unspecified atom stereocenters. The Morgan fingerprint density at radius 2 is 1.80 bits per heavy atom. The van der Waals surface area contributed by atoms with Gasteiger partial charge in [-0.3, -0.25) is 0 Å². The number of carbonyl (C=O) groups excluding carboxylic acids is 1. The normalized spacial score (nSPS) is 11.5. The van der Waals surface area contributed by atoms with Crippen LogP contribution < -0.4 is 4.74 Å². The summed E-state index contributed by atoms with van der Waals surface area (Å²) < 4.78 is 41.1. The number of nitrogens with zero attached hydrogens (tertiary/aromatic N) is 1. The van der Waals surface area contributed by atoms with Crippen molar-refractivity contribution >= 4 is 16.1 Å². The Kier molecular flexibility index (Phi) is 6.59. The van der Waals surface area contributed by atoms with Crippen LogP contribution in [0.3, 0.4) is 0 Å². The number of hydrogen-bond donors (Lipinski definition) is 0. The van der Waals surface area contributed by atoms with Gasteiger partial charge in [-0.1, -0.05) is 24.3 Å². The van der Waals surface area contributed by atoms with Crippen LogP contribution >= 0.6 is 0 Å². The molecule has 0 fully saturated rings. The first-order chi connectivity index (χ1) is 14.3. The van der Waals surface area contributed by atoms with E-state index < -0.39 is 16.1 Å². The fourth-order valence-electron chi connectivity index (χ4n) is 2.87. The number of benzene rings is 2. The first-order valence-electron chi connectivity index (χ1n) is 9.27. The number of aryl methyl sites for hydroxylation is 1. The van der Waals surface area contributed by atoms with Crippen LogP contribution in [0, 0.1) is 6.92 Å². The van der Waals surface area contributed by atoms with E-state index in [1.54, 1.807) is 30.3 Å². The van der Waals surface area contributed by atoms with Crippen molar-refractivity contribution in [3.05, 3.63) is 72.2 Å². The molecular formula is C22H23NO6S. The average molecular weight is 429 g/mol. The van der Waals surface area contributed by atoms with Crippen LogP contribution in [-0.4, -0.2) is 46.5 Å². The summed E-state index contributed by atoms with van der Waals surface area (Å²) in [5, 5.41) is 0. The molecule has 8 heteroatoms. The van der Waals surface area contributed by atoms with Crippen molar-refractivity contribution in [2.24, 2.45) is 0 Å². The third-order valence-electron chi connectivity index (χ3n) is 4.40. The molecule has 0 bridgehead atoms. The van der Waals surface area contributed by atoms with E-state index in [4.69, 9.17) is 13.3 Å². The molecule has 0 radical (unpaired) electrons. The van der Waals surface area contributed by atoms with E-state index in [9.17, 15) is 13.2 Å². The molecule has 0 aliphatic rings. The number of likely N-dealkylation sites (N-methyl/N-ethyl adjacent to an activating group) is 1. The van der Waals surface area contributed by atoms with Crippen molar-refractivity contribution in [1.82, 2.24) is 4.90 Å². The van der Waals surface area contributed by atoms with Crippen molar-refractivity contribution in [2.75, 3.05) is 27.2 Å². The molecule has 0 aliphatic carbocycles. The van der Waals surface area contributed by atoms with E-state index in [1.807, 2.05) is 25.9 Å². The lowest BCUT2D eigenvalue weighted by Crippen LogP contribution is -2.21. The molecule has 2 aromatic carbocycles. The highest BCUT2D eigenvalue weighted by atomic mass is 32.2. The first kappa shape index (κ1) is 21.6. The maximum absolute atomic E-state index is 12.9. The Hall–Kier alpha value is -3.10. The predicted octanol–water partition coefficient (Wildman–Crippen LogP) is 3.74. The summed E-state index contributed by atoms with van der Waals surface area (Å²) in [5.74, 6) is -0.755. The van der Waals surface area contributed by atoms with Crippen molar-refractivity contribution in [2.45, 2.75) is 11.8 Å². The lowest BCUT2D eigenvalue weighted by Gasteiger charge is -2.18. The monoisotopic (exact) mass is 429 g/mol. The van der Waals surface area contributed by atoms with Gasteiger partial charge in [0, 0.05) is 17.7 Å². The second kappa shape index (κ2) is 9.15. The second-order valence-corrected chi connectivity index (χ2v) is 8.48. The van der Waals surface area contributed by atoms with E-state index in [2.05, 4.69) is 0 Å². The highest BCUT2D eigenvalue weighted by Crippen LogP contribution is 2.37. The van der Waals surface area contributed by atoms with Gasteiger partial charge >= 0.3 is 16.1 Å². The van der Waals surface area contributed by atoms with E-state index in [0.717, 1.165) is 5.56 Å². The van der Waals surface area contributed by atoms with Crippen LogP contribution in [0.5, 0.6) is 5.75 Å². The Labute approximate surface area is 176 Å². The van der Waals surface area contributed by atoms with E-state index in [1.165, 1.54) is 30.7 Å². The summed E-state index contributed by atoms with van der Waals surface area (Å²) in [5.41, 5.74) is 2.23. The molecule has 3 aromatic rings. The summed E-state index contributed by atoms with van der Waals surface area (Å²) in [6, 6.07) is 12.5. The van der Waals surface area contributed by atoms with Crippen LogP contribution in [0.2, 0.25) is 0 Å². The molecule has 158 valence electrons. The zero-order chi connectivity index (χ0) is 21.7. The minimum atomic E-state index is -4.27. The molecule has 30 heavy (non-hydrogen) atoms. The van der Waals surface area contributed by atoms with Crippen molar-refractivity contribution in [3.63, 3.8) is 0 Å². The van der Waals surface area contributed by atoms with Crippen LogP contribution in [0.4, 0.5) is 0 Å². The topological polar surface area (TPSA) is 86.0 Å². The molecule has 0 amide bonds. The molecule has 7 nitrogen and oxygen atoms in total. The largest absolute Gasteiger partial charge is 0.491 e. The third kappa shape index (κ3) is 4.90. The van der Waals surface area contributed by atoms with Gasteiger partial charge in [0.2, 0.25) is 0 Å². The van der Waals surface area contributed by atoms with Gasteiger partial charge in [-0.05, 0) is 50.8 Å². The fraction of sp³-hybridized carbons (Fsp3) is 0.227. The van der Waals surface area contributed by atoms with Gasteiger partial charge in [-0.2, -0.15) is 8.42 Å². The number of rotatable bonds is 8. The van der Waals surface area contributed by atoms with E-state index in [-0.39, 0.29) is 16.2 Å². The van der Waals surface area contributed by atoms with Gasteiger partial charge < -0.3 is 18.2 Å². The summed E-state index contributed by atoms with van der Waals surface area (Å²) in [6.45, 7) is 2.78. The molecule has 0 spiro atoms. The Balaban J connectivity index is 2.00. The first-order valence-corrected chi connectivity index (χ1v) is 10.7. The predicted molar refractivity (Wildman–Crippen MR) is 112 cm³/mol. The lowest BCUT2D eigenvalue weighted by atomic mass is 9.98. The van der Waals surface area contributed by atoms with Crippen LogP contribution in [0.25, 0.3) is 11.1 Å². The number of furan rings is 1. The average Bonchev–Trinajstić information content (AvgIpc) is 3.22. The Morgan fingerprint density at radius 3 is 2.43 bits per heavy atom. The zero-order valence-electron chi connectivity index (χ0n) is 17.0. The molecule has 3 rings (SSSR count). The van der Waals surface area contributed by atoms with Gasteiger partial charge in [0.25, 0.3) is 0 Å². The van der Waals surface area contributed by atoms with Gasteiger partial charge in [0.1, 0.15) is 22.8 Å². The third-order valence-corrected chi connectivity index (χ3v) is 5.62. The molecule has 0 atom stereocenters. The van der Waals surface area contributed by atoms with E-state index in [0.29, 0.717) is 24.3 Å². The lowest BCUT2D eigenvalue weighted by molar-refractivity contribution is 0.0742. The van der Waals surface area contributed by atoms with Crippen LogP contribution in [0.1, 0.15) is 15.9 Å². The molecule has 0 aliphatic heterocycles. The summed E-state index contributed by atoms with van der Waals surface area (Å²) in [4.78, 5) is 14.7. The van der Waals surface area contributed by atoms with Crippen molar-refractivity contribution < 1.29 is 26.5 Å². The minimum Gasteiger partial charge on any atom is -0.491 e. The molecule has 1 heterocycles. The number of ether oxygens (including phenoxy) is 1. The Bertz CT molecular complexity index is 1110. The number of hydrogen-bond acceptors (Lipinski definition) is 7. The molecule has 0 saturated carbocycles. The smallest absolute Gasteiger partial charge is 0.357 e. The zero-order valence-corrected chi connectivity index (χ0v) is 17.8. The second-order valence-electron chi connectivity index (χ2n) is 6.94. The number of carbonyl (C=O) groups is 1. The molecule has 0 saturated heterocycles. The summed E-state index contributed by atoms with van der Waals surface area (Å²) in [7, 11) is -0.465. The van der Waals surface area contributed by atoms with Gasteiger partial charge in [-0.25, -0.2) is 4.79 Å². The summed E-state index contributed by atoms with van der Waals surface area (Å²) >= 11 is 0. The summed E-state index contributed by atoms with van der Waals surface area (Å²) in [6.07, 6.45) is 3.06. The van der Waals surface area contributed by atoms with E-state index >= 15 is 0 Å². The van der Waals surface area contributed by atoms with Gasteiger partial charge in [0.05, 0.1) is 12.5 Å². The van der Waals surface area contributed by atoms with Gasteiger partial charge in [0.15, 0.2) is 0 Å². The van der Waals surface area contributed by atoms with Crippen LogP contribution in [0.15, 0.2) is 70.4 Å². The molecule has 0 N–H and O–H groups in total. The fourth-order valence-corrected chi connectivity index (χ4v) is 3.74. The Morgan fingerprint density at radius 1 is 1.07 bits per heavy atom. The standard InChI is InChI=1S/C22H23NO6S/c1-16-9-10-19(22(24)29-30(25,26)18-7-5-4-6-8-18)21(28-14-12-23(2)3)20(16)17-11-13-27-15-17/h4-11,13,15H,12,14H2,1-3H3. The quantitative estimate of drug-likeness (QED) is 0.504. The maximum Gasteiger partial charge on any atom is 0.357 e. The minimum absolute atomic E-state index is 0.0232. The SMILES string of the molecule is Cc1ccc(C(=O)OS(=O)(=O)c2ccccc2)c(OCCN(C)C)c1-c1ccoc1.